The first-order valence-corrected chi connectivity index (χ1v) is 13.7. The van der Waals surface area contributed by atoms with Crippen LogP contribution in [0.4, 0.5) is 0 Å². The second-order valence-corrected chi connectivity index (χ2v) is 13.4. The highest BCUT2D eigenvalue weighted by Crippen LogP contribution is 2.28. The van der Waals surface area contributed by atoms with Gasteiger partial charge in [0.1, 0.15) is 5.75 Å². The fraction of sp³-hybridized carbons (Fsp3) is 0.480. The minimum atomic E-state index is -0.925. The summed E-state index contributed by atoms with van der Waals surface area (Å²) in [5.41, 5.74) is 2.96. The van der Waals surface area contributed by atoms with Gasteiger partial charge < -0.3 is 4.74 Å². The minimum absolute atomic E-state index is 0.691. The minimum Gasteiger partial charge on any atom is -0.494 e. The Bertz CT molecular complexity index is 718. The first-order chi connectivity index (χ1) is 13.7. The van der Waals surface area contributed by atoms with Gasteiger partial charge in [-0.05, 0) is 41.8 Å². The molecule has 0 aromatic heterocycles. The molecule has 2 nitrogen and oxygen atoms in total. The van der Waals surface area contributed by atoms with Crippen LogP contribution in [0.15, 0.2) is 48.5 Å². The van der Waals surface area contributed by atoms with Crippen molar-refractivity contribution in [3.63, 3.8) is 0 Å². The summed E-state index contributed by atoms with van der Waals surface area (Å²) in [7, 11) is -0.925. The van der Waals surface area contributed by atoms with Gasteiger partial charge in [-0.2, -0.15) is 5.26 Å². The van der Waals surface area contributed by atoms with Crippen LogP contribution in [0.5, 0.6) is 5.75 Å². The van der Waals surface area contributed by atoms with Crippen LogP contribution in [0.2, 0.25) is 24.2 Å². The van der Waals surface area contributed by atoms with E-state index >= 15 is 0 Å². The van der Waals surface area contributed by atoms with Crippen LogP contribution in [-0.2, 0) is 0 Å². The molecule has 0 saturated heterocycles. The SMILES string of the molecule is CC[Si](CC)(CC)CCCCCCOc1ccc(-c2ccc(C#N)cc2)cc1. The van der Waals surface area contributed by atoms with E-state index in [2.05, 4.69) is 39.0 Å². The molecule has 0 radical (unpaired) electrons. The van der Waals surface area contributed by atoms with E-state index in [1.54, 1.807) is 0 Å². The summed E-state index contributed by atoms with van der Waals surface area (Å²) in [6.45, 7) is 8.01. The number of hydrogen-bond donors (Lipinski definition) is 0. The Hall–Kier alpha value is -2.05. The third-order valence-electron chi connectivity index (χ3n) is 6.32. The maximum absolute atomic E-state index is 8.89. The second kappa shape index (κ2) is 11.7. The summed E-state index contributed by atoms with van der Waals surface area (Å²) < 4.78 is 5.91. The first-order valence-electron chi connectivity index (χ1n) is 10.9. The van der Waals surface area contributed by atoms with Gasteiger partial charge in [-0.15, -0.1) is 0 Å². The topological polar surface area (TPSA) is 33.0 Å². The predicted octanol–water partition coefficient (Wildman–Crippen LogP) is 7.67. The molecular weight excluding hydrogens is 358 g/mol. The lowest BCUT2D eigenvalue weighted by Gasteiger charge is -2.28. The van der Waals surface area contributed by atoms with Crippen molar-refractivity contribution in [2.45, 2.75) is 70.6 Å². The Kier molecular flexibility index (Phi) is 9.30. The third-order valence-corrected chi connectivity index (χ3v) is 12.2. The van der Waals surface area contributed by atoms with Crippen LogP contribution >= 0.6 is 0 Å². The average molecular weight is 394 g/mol. The molecular formula is C25H35NOSi. The Labute approximate surface area is 172 Å². The van der Waals surface area contributed by atoms with Crippen LogP contribution in [0, 0.1) is 11.3 Å². The van der Waals surface area contributed by atoms with Gasteiger partial charge in [-0.3, -0.25) is 0 Å². The molecule has 3 heteroatoms. The summed E-state index contributed by atoms with van der Waals surface area (Å²) >= 11 is 0. The molecule has 28 heavy (non-hydrogen) atoms. The average Bonchev–Trinajstić information content (AvgIpc) is 2.77. The van der Waals surface area contributed by atoms with Gasteiger partial charge >= 0.3 is 0 Å². The van der Waals surface area contributed by atoms with Gasteiger partial charge in [0.2, 0.25) is 0 Å². The normalized spacial score (nSPS) is 11.2. The molecule has 0 aliphatic rings. The van der Waals surface area contributed by atoms with E-state index in [-0.39, 0.29) is 0 Å². The molecule has 150 valence electrons. The van der Waals surface area contributed by atoms with Gasteiger partial charge in [0.25, 0.3) is 0 Å². The quantitative estimate of drug-likeness (QED) is 0.274. The first kappa shape index (κ1) is 22.2. The Morgan fingerprint density at radius 1 is 0.750 bits per heavy atom. The van der Waals surface area contributed by atoms with Crippen molar-refractivity contribution >= 4 is 8.07 Å². The zero-order valence-corrected chi connectivity index (χ0v) is 18.8. The summed E-state index contributed by atoms with van der Waals surface area (Å²) in [5, 5.41) is 8.89. The number of ether oxygens (including phenoxy) is 1. The maximum Gasteiger partial charge on any atom is 0.119 e. The Morgan fingerprint density at radius 2 is 1.29 bits per heavy atom. The van der Waals surface area contributed by atoms with Crippen molar-refractivity contribution < 1.29 is 4.74 Å². The monoisotopic (exact) mass is 393 g/mol. The molecule has 0 bridgehead atoms. The van der Waals surface area contributed by atoms with E-state index < -0.39 is 8.07 Å². The maximum atomic E-state index is 8.89. The van der Waals surface area contributed by atoms with Gasteiger partial charge in [-0.25, -0.2) is 0 Å². The lowest BCUT2D eigenvalue weighted by molar-refractivity contribution is 0.305. The summed E-state index contributed by atoms with van der Waals surface area (Å²) in [6, 6.07) is 23.9. The molecule has 0 saturated carbocycles. The Balaban J connectivity index is 1.67. The fourth-order valence-electron chi connectivity index (χ4n) is 3.91. The number of nitrogens with zero attached hydrogens (tertiary/aromatic N) is 1. The van der Waals surface area contributed by atoms with Gasteiger partial charge in [0.15, 0.2) is 0 Å². The van der Waals surface area contributed by atoms with Crippen LogP contribution < -0.4 is 4.74 Å². The van der Waals surface area contributed by atoms with Crippen molar-refractivity contribution in [2.24, 2.45) is 0 Å². The van der Waals surface area contributed by atoms with Crippen molar-refractivity contribution in [1.82, 2.24) is 0 Å². The number of hydrogen-bond acceptors (Lipinski definition) is 2. The number of rotatable bonds is 12. The van der Waals surface area contributed by atoms with Crippen molar-refractivity contribution in [1.29, 1.82) is 5.26 Å². The molecule has 0 aliphatic carbocycles. The van der Waals surface area contributed by atoms with Gasteiger partial charge in [0.05, 0.1) is 26.3 Å². The molecule has 0 spiro atoms. The highest BCUT2D eigenvalue weighted by atomic mass is 28.3. The van der Waals surface area contributed by atoms with Crippen LogP contribution in [0.3, 0.4) is 0 Å². The standard InChI is InChI=1S/C25H35NOSi/c1-4-28(5-2,6-3)20-10-8-7-9-19-27-25-17-15-24(16-18-25)23-13-11-22(21-26)12-14-23/h11-18H,4-10,19-20H2,1-3H3. The van der Waals surface area contributed by atoms with Crippen LogP contribution in [0.1, 0.15) is 52.0 Å². The van der Waals surface area contributed by atoms with E-state index in [1.165, 1.54) is 43.4 Å². The molecule has 2 aromatic rings. The second-order valence-electron chi connectivity index (χ2n) is 7.79. The molecule has 0 unspecified atom stereocenters. The van der Waals surface area contributed by atoms with Crippen LogP contribution in [-0.4, -0.2) is 14.7 Å². The zero-order chi connectivity index (χ0) is 20.2. The number of benzene rings is 2. The highest BCUT2D eigenvalue weighted by molar-refractivity contribution is 6.79. The summed E-state index contributed by atoms with van der Waals surface area (Å²) in [6.07, 6.45) is 5.15. The van der Waals surface area contributed by atoms with Crippen LogP contribution in [0.25, 0.3) is 11.1 Å². The third kappa shape index (κ3) is 6.53. The fourth-order valence-corrected chi connectivity index (χ4v) is 7.47. The lowest BCUT2D eigenvalue weighted by Crippen LogP contribution is -2.30. The van der Waals surface area contributed by atoms with Gasteiger partial charge in [-0.1, -0.05) is 88.5 Å². The van der Waals surface area contributed by atoms with Crippen molar-refractivity contribution in [3.8, 4) is 22.9 Å². The van der Waals surface area contributed by atoms with Crippen molar-refractivity contribution in [2.75, 3.05) is 6.61 Å². The summed E-state index contributed by atoms with van der Waals surface area (Å²) in [5.74, 6) is 0.937. The molecule has 0 atom stereocenters. The number of nitriles is 1. The van der Waals surface area contributed by atoms with E-state index in [0.29, 0.717) is 5.56 Å². The molecule has 0 aliphatic heterocycles. The molecule has 2 aromatic carbocycles. The van der Waals surface area contributed by atoms with Crippen molar-refractivity contribution in [3.05, 3.63) is 54.1 Å². The lowest BCUT2D eigenvalue weighted by atomic mass is 10.0. The van der Waals surface area contributed by atoms with E-state index in [4.69, 9.17) is 10.00 Å². The molecule has 0 fully saturated rings. The predicted molar refractivity (Wildman–Crippen MR) is 123 cm³/mol. The molecule has 0 amide bonds. The van der Waals surface area contributed by atoms with Gasteiger partial charge in [0, 0.05) is 0 Å². The van der Waals surface area contributed by atoms with E-state index in [0.717, 1.165) is 29.9 Å². The Morgan fingerprint density at radius 3 is 1.82 bits per heavy atom. The largest absolute Gasteiger partial charge is 0.494 e. The molecule has 0 N–H and O–H groups in total. The summed E-state index contributed by atoms with van der Waals surface area (Å²) in [4.78, 5) is 0. The zero-order valence-electron chi connectivity index (χ0n) is 17.8. The van der Waals surface area contributed by atoms with E-state index in [1.807, 2.05) is 36.4 Å². The molecule has 2 rings (SSSR count). The molecule has 0 heterocycles. The number of unbranched alkanes of at least 4 members (excludes halogenated alkanes) is 3. The van der Waals surface area contributed by atoms with E-state index in [9.17, 15) is 0 Å². The highest BCUT2D eigenvalue weighted by Gasteiger charge is 2.25. The smallest absolute Gasteiger partial charge is 0.119 e.